The number of carbonyl (C=O) groups excluding carboxylic acids is 4. The van der Waals surface area contributed by atoms with Gasteiger partial charge in [0.25, 0.3) is 11.8 Å². The molecule has 8 rings (SSSR count). The molecule has 1 saturated heterocycles. The van der Waals surface area contributed by atoms with Crippen LogP contribution in [0.2, 0.25) is 0 Å². The molecular formula is C56H62FN7O10. The normalized spacial score (nSPS) is 15.3. The first-order chi connectivity index (χ1) is 35.7. The zero-order valence-corrected chi connectivity index (χ0v) is 41.5. The van der Waals surface area contributed by atoms with Crippen LogP contribution in [0.15, 0.2) is 103 Å². The number of aliphatic carboxylic acids is 1. The first-order valence-corrected chi connectivity index (χ1v) is 25.2. The van der Waals surface area contributed by atoms with E-state index in [1.165, 1.54) is 12.1 Å². The monoisotopic (exact) mass is 1010 g/mol. The zero-order chi connectivity index (χ0) is 52.3. The summed E-state index contributed by atoms with van der Waals surface area (Å²) in [4.78, 5) is 64.8. The fraction of sp³-hybridized carbons (Fsp3) is 0.375. The van der Waals surface area contributed by atoms with Crippen molar-refractivity contribution in [2.45, 2.75) is 115 Å². The minimum Gasteiger partial charge on any atom is -0.494 e. The van der Waals surface area contributed by atoms with E-state index >= 15 is 0 Å². The number of rotatable bonds is 25. The number of hydrogen-bond acceptors (Lipinski definition) is 11. The number of para-hydroxylation sites is 1. The summed E-state index contributed by atoms with van der Waals surface area (Å²) in [6.07, 6.45) is 2.25. The van der Waals surface area contributed by atoms with Crippen molar-refractivity contribution in [2.75, 3.05) is 25.1 Å². The molecule has 74 heavy (non-hydrogen) atoms. The quantitative estimate of drug-likeness (QED) is 0.0281. The van der Waals surface area contributed by atoms with E-state index in [-0.39, 0.29) is 49.4 Å². The number of hydrogen-bond donors (Lipinski definition) is 5. The number of aliphatic hydroxyl groups excluding tert-OH is 2. The van der Waals surface area contributed by atoms with Gasteiger partial charge in [-0.15, -0.1) is 5.10 Å². The van der Waals surface area contributed by atoms with Gasteiger partial charge in [-0.25, -0.2) is 9.07 Å². The molecule has 17 nitrogen and oxygen atoms in total. The number of aryl methyl sites for hydroxylation is 2. The van der Waals surface area contributed by atoms with Crippen molar-refractivity contribution in [3.8, 4) is 28.1 Å². The Labute approximate surface area is 428 Å². The van der Waals surface area contributed by atoms with Gasteiger partial charge < -0.3 is 39.6 Å². The fourth-order valence-corrected chi connectivity index (χ4v) is 9.85. The van der Waals surface area contributed by atoms with Gasteiger partial charge >= 0.3 is 5.97 Å². The number of nitrogens with zero attached hydrogens (tertiary/aromatic N) is 5. The van der Waals surface area contributed by atoms with Crippen LogP contribution in [-0.4, -0.2) is 107 Å². The minimum absolute atomic E-state index is 0.129. The Balaban J connectivity index is 0.896. The lowest BCUT2D eigenvalue weighted by atomic mass is 9.94. The highest BCUT2D eigenvalue weighted by molar-refractivity contribution is 6.12. The van der Waals surface area contributed by atoms with Gasteiger partial charge in [0.1, 0.15) is 17.6 Å². The number of halogens is 1. The van der Waals surface area contributed by atoms with Crippen molar-refractivity contribution < 1.29 is 53.2 Å². The third-order valence-electron chi connectivity index (χ3n) is 13.3. The molecule has 0 bridgehead atoms. The van der Waals surface area contributed by atoms with E-state index in [4.69, 9.17) is 9.47 Å². The molecule has 0 radical (unpaired) electrons. The Bertz CT molecular complexity index is 2960. The van der Waals surface area contributed by atoms with Gasteiger partial charge in [0.2, 0.25) is 11.8 Å². The molecule has 0 aliphatic carbocycles. The van der Waals surface area contributed by atoms with E-state index in [1.54, 1.807) is 39.9 Å². The average Bonchev–Trinajstić information content (AvgIpc) is 4.08. The van der Waals surface area contributed by atoms with Gasteiger partial charge in [0.15, 0.2) is 0 Å². The summed E-state index contributed by atoms with van der Waals surface area (Å²) in [5, 5.41) is 44.6. The summed E-state index contributed by atoms with van der Waals surface area (Å²) in [7, 11) is 0. The first-order valence-electron chi connectivity index (χ1n) is 25.2. The summed E-state index contributed by atoms with van der Waals surface area (Å²) in [5.41, 5.74) is 7.50. The highest BCUT2D eigenvalue weighted by atomic mass is 19.1. The number of amides is 4. The first kappa shape index (κ1) is 52.8. The van der Waals surface area contributed by atoms with Crippen LogP contribution >= 0.6 is 0 Å². The molecule has 4 amide bonds. The number of anilines is 1. The molecule has 3 atom stereocenters. The predicted molar refractivity (Wildman–Crippen MR) is 273 cm³/mol. The Morgan fingerprint density at radius 3 is 2.41 bits per heavy atom. The van der Waals surface area contributed by atoms with Crippen LogP contribution in [0.5, 0.6) is 5.75 Å². The Kier molecular flexibility index (Phi) is 17.4. The van der Waals surface area contributed by atoms with E-state index in [9.17, 15) is 43.7 Å². The largest absolute Gasteiger partial charge is 0.494 e. The molecule has 4 aromatic carbocycles. The minimum atomic E-state index is -1.24. The van der Waals surface area contributed by atoms with Crippen molar-refractivity contribution in [1.82, 2.24) is 29.8 Å². The lowest BCUT2D eigenvalue weighted by molar-refractivity contribution is -0.140. The number of carboxylic acid groups (broad SMARTS) is 1. The zero-order valence-electron chi connectivity index (χ0n) is 41.5. The van der Waals surface area contributed by atoms with Crippen molar-refractivity contribution >= 4 is 35.3 Å². The van der Waals surface area contributed by atoms with E-state index in [2.05, 4.69) is 20.9 Å². The van der Waals surface area contributed by atoms with Gasteiger partial charge in [-0.2, -0.15) is 0 Å². The summed E-state index contributed by atoms with van der Waals surface area (Å²) >= 11 is 0. The number of ether oxygens (including phenoxy) is 2. The molecule has 2 aliphatic heterocycles. The summed E-state index contributed by atoms with van der Waals surface area (Å²) < 4.78 is 30.5. The van der Waals surface area contributed by atoms with Crippen LogP contribution in [0.25, 0.3) is 22.4 Å². The fourth-order valence-electron chi connectivity index (χ4n) is 9.85. The lowest BCUT2D eigenvalue weighted by Crippen LogP contribution is -2.52. The molecule has 18 heteroatoms. The van der Waals surface area contributed by atoms with E-state index in [1.807, 2.05) is 79.2 Å². The average molecular weight is 1010 g/mol. The van der Waals surface area contributed by atoms with Crippen LogP contribution in [0, 0.1) is 5.82 Å². The number of aromatic nitrogens is 4. The molecule has 0 spiro atoms. The number of aliphatic hydroxyl groups is 2. The van der Waals surface area contributed by atoms with Crippen LogP contribution in [0.1, 0.15) is 108 Å². The Morgan fingerprint density at radius 1 is 0.878 bits per heavy atom. The molecule has 3 unspecified atom stereocenters. The van der Waals surface area contributed by atoms with Crippen molar-refractivity contribution in [1.29, 1.82) is 0 Å². The molecule has 5 N–H and O–H groups in total. The second-order valence-electron chi connectivity index (χ2n) is 19.1. The number of fused-ring (bicyclic) bond motifs is 1. The molecule has 1 fully saturated rings. The molecule has 4 heterocycles. The van der Waals surface area contributed by atoms with Gasteiger partial charge in [0.05, 0.1) is 55.3 Å². The topological polar surface area (TPSA) is 227 Å². The van der Waals surface area contributed by atoms with E-state index in [0.29, 0.717) is 109 Å². The molecular weight excluding hydrogens is 950 g/mol. The second kappa shape index (κ2) is 24.5. The summed E-state index contributed by atoms with van der Waals surface area (Å²) in [5.74, 6) is -2.57. The van der Waals surface area contributed by atoms with Crippen LogP contribution in [0.3, 0.4) is 0 Å². The van der Waals surface area contributed by atoms with Gasteiger partial charge in [-0.1, -0.05) is 61.5 Å². The molecule has 0 saturated carbocycles. The number of piperidine rings is 1. The summed E-state index contributed by atoms with van der Waals surface area (Å²) in [6, 6.07) is 27.5. The molecule has 2 aromatic heterocycles. The van der Waals surface area contributed by atoms with Crippen molar-refractivity contribution in [2.24, 2.45) is 0 Å². The van der Waals surface area contributed by atoms with Gasteiger partial charge in [0, 0.05) is 54.8 Å². The third-order valence-corrected chi connectivity index (χ3v) is 13.3. The van der Waals surface area contributed by atoms with Gasteiger partial charge in [-0.3, -0.25) is 29.3 Å². The van der Waals surface area contributed by atoms with Crippen molar-refractivity contribution in [3.63, 3.8) is 0 Å². The molecule has 388 valence electrons. The number of carbonyl (C=O) groups is 5. The SMILES string of the molecule is CC(C)c1c(C(=O)Nc2ccccc2)c(-c2cccc(OCCCc3cn(CCOCCCc4cccc5c4CN(C4CCC(=O)NC4=O)C5=O)nn3)c2)c(-c2ccc(F)cc2)n1CCC(O)CC(O)CC(=O)O. The summed E-state index contributed by atoms with van der Waals surface area (Å²) in [6.45, 7) is 6.26. The molecule has 6 aromatic rings. The Hall–Kier alpha value is -7.54. The lowest BCUT2D eigenvalue weighted by Gasteiger charge is -2.29. The van der Waals surface area contributed by atoms with Gasteiger partial charge in [-0.05, 0) is 128 Å². The predicted octanol–water partition coefficient (Wildman–Crippen LogP) is 7.33. The number of imide groups is 1. The van der Waals surface area contributed by atoms with Crippen molar-refractivity contribution in [3.05, 3.63) is 143 Å². The second-order valence-corrected chi connectivity index (χ2v) is 19.1. The van der Waals surface area contributed by atoms with Crippen LogP contribution < -0.4 is 15.4 Å². The highest BCUT2D eigenvalue weighted by Crippen LogP contribution is 2.44. The maximum absolute atomic E-state index is 14.7. The highest BCUT2D eigenvalue weighted by Gasteiger charge is 2.40. The third kappa shape index (κ3) is 13.0. The Morgan fingerprint density at radius 2 is 1.65 bits per heavy atom. The smallest absolute Gasteiger partial charge is 0.305 e. The maximum Gasteiger partial charge on any atom is 0.305 e. The molecule has 2 aliphatic rings. The number of carboxylic acids is 1. The van der Waals surface area contributed by atoms with Crippen LogP contribution in [-0.2, 0) is 51.6 Å². The van der Waals surface area contributed by atoms with Crippen LogP contribution in [0.4, 0.5) is 10.1 Å². The van der Waals surface area contributed by atoms with E-state index in [0.717, 1.165) is 23.2 Å². The number of benzene rings is 4. The maximum atomic E-state index is 14.7. The number of nitrogens with one attached hydrogen (secondary N) is 2. The van der Waals surface area contributed by atoms with E-state index < -0.39 is 42.4 Å². The standard InChI is InChI=1S/C56H62FN7O10/c1-35(2)52-51(55(71)58-40-13-4-3-5-14-40)50(53(37-18-20-39(57)21-19-37)63(52)25-24-42(65)31-43(66)32-49(68)69)38-11-6-16-44(30-38)74-28-9-15-41-33-62(61-60-41)26-29-73-27-8-12-36-10-7-17-45-46(36)34-64(56(45)72)47-22-23-48(67)59-54(47)70/h3-7,10-11,13-14,16-21,30,33,35,42-43,47,65-66H,8-9,12,15,22-29,31-32,34H2,1-2H3,(H,58,71)(H,68,69)(H,59,67,70).